The van der Waals surface area contributed by atoms with Gasteiger partial charge in [-0.2, -0.15) is 13.2 Å². The van der Waals surface area contributed by atoms with Crippen molar-refractivity contribution in [3.05, 3.63) is 63.0 Å². The SMILES string of the molecule is CCN[C@H](c1ccc(Cl)cc1)C(F)(F)F.O=c1cc(S)cc2n1CCOC2. The van der Waals surface area contributed by atoms with Gasteiger partial charge >= 0.3 is 6.18 Å². The minimum absolute atomic E-state index is 0.0146. The average molecular weight is 421 g/mol. The Morgan fingerprint density at radius 2 is 1.96 bits per heavy atom. The highest BCUT2D eigenvalue weighted by Crippen LogP contribution is 2.32. The van der Waals surface area contributed by atoms with Crippen LogP contribution in [-0.4, -0.2) is 23.9 Å². The molecule has 0 spiro atoms. The fourth-order valence-electron chi connectivity index (χ4n) is 2.62. The minimum Gasteiger partial charge on any atom is -0.373 e. The molecular formula is C18H20ClF3N2O2S. The summed E-state index contributed by atoms with van der Waals surface area (Å²) >= 11 is 9.73. The number of hydrogen-bond acceptors (Lipinski definition) is 4. The molecule has 148 valence electrons. The molecule has 2 aromatic rings. The molecule has 0 amide bonds. The van der Waals surface area contributed by atoms with E-state index in [4.69, 9.17) is 16.3 Å². The summed E-state index contributed by atoms with van der Waals surface area (Å²) in [5, 5.41) is 2.82. The molecular weight excluding hydrogens is 401 g/mol. The Labute approximate surface area is 165 Å². The number of pyridine rings is 1. The second-order valence-electron chi connectivity index (χ2n) is 5.83. The van der Waals surface area contributed by atoms with Crippen molar-refractivity contribution in [3.63, 3.8) is 0 Å². The Kier molecular flexibility index (Phi) is 7.79. The number of halogens is 4. The lowest BCUT2D eigenvalue weighted by atomic mass is 10.1. The molecule has 1 aliphatic heterocycles. The zero-order valence-electron chi connectivity index (χ0n) is 14.6. The number of thiol groups is 1. The van der Waals surface area contributed by atoms with Crippen molar-refractivity contribution in [1.82, 2.24) is 9.88 Å². The van der Waals surface area contributed by atoms with E-state index in [9.17, 15) is 18.0 Å². The van der Waals surface area contributed by atoms with E-state index >= 15 is 0 Å². The molecule has 27 heavy (non-hydrogen) atoms. The molecule has 2 heterocycles. The summed E-state index contributed by atoms with van der Waals surface area (Å²) in [5.41, 5.74) is 1.10. The molecule has 0 saturated heterocycles. The normalized spacial score (nSPS) is 14.7. The molecule has 3 rings (SSSR count). The highest BCUT2D eigenvalue weighted by molar-refractivity contribution is 7.80. The number of nitrogens with zero attached hydrogens (tertiary/aromatic N) is 1. The predicted octanol–water partition coefficient (Wildman–Crippen LogP) is 4.22. The Morgan fingerprint density at radius 1 is 1.30 bits per heavy atom. The van der Waals surface area contributed by atoms with Crippen molar-refractivity contribution in [1.29, 1.82) is 0 Å². The van der Waals surface area contributed by atoms with Gasteiger partial charge in [-0.05, 0) is 30.3 Å². The highest BCUT2D eigenvalue weighted by atomic mass is 35.5. The number of benzene rings is 1. The van der Waals surface area contributed by atoms with Crippen LogP contribution in [0.1, 0.15) is 24.2 Å². The summed E-state index contributed by atoms with van der Waals surface area (Å²) < 4.78 is 44.7. The molecule has 1 atom stereocenters. The third kappa shape index (κ3) is 6.27. The van der Waals surface area contributed by atoms with Gasteiger partial charge in [-0.25, -0.2) is 0 Å². The van der Waals surface area contributed by atoms with E-state index in [1.165, 1.54) is 30.3 Å². The third-order valence-corrected chi connectivity index (χ3v) is 4.36. The van der Waals surface area contributed by atoms with Crippen LogP contribution in [0.2, 0.25) is 5.02 Å². The molecule has 4 nitrogen and oxygen atoms in total. The maximum atomic E-state index is 12.6. The van der Waals surface area contributed by atoms with Crippen LogP contribution in [0.25, 0.3) is 0 Å². The Balaban J connectivity index is 0.000000198. The second-order valence-corrected chi connectivity index (χ2v) is 6.78. The fourth-order valence-corrected chi connectivity index (χ4v) is 3.01. The smallest absolute Gasteiger partial charge is 0.373 e. The van der Waals surface area contributed by atoms with Gasteiger partial charge < -0.3 is 14.6 Å². The lowest BCUT2D eigenvalue weighted by Gasteiger charge is -2.21. The van der Waals surface area contributed by atoms with E-state index in [-0.39, 0.29) is 17.7 Å². The lowest BCUT2D eigenvalue weighted by Crippen LogP contribution is -2.33. The zero-order chi connectivity index (χ0) is 20.0. The molecule has 0 saturated carbocycles. The van der Waals surface area contributed by atoms with Gasteiger partial charge in [0.1, 0.15) is 6.04 Å². The summed E-state index contributed by atoms with van der Waals surface area (Å²) in [6.07, 6.45) is -4.29. The summed E-state index contributed by atoms with van der Waals surface area (Å²) in [6, 6.07) is 7.42. The summed E-state index contributed by atoms with van der Waals surface area (Å²) in [6.45, 7) is 3.69. The average Bonchev–Trinajstić information content (AvgIpc) is 2.60. The topological polar surface area (TPSA) is 43.3 Å². The maximum absolute atomic E-state index is 12.6. The molecule has 0 radical (unpaired) electrons. The van der Waals surface area contributed by atoms with Crippen LogP contribution in [0, 0.1) is 0 Å². The first-order valence-corrected chi connectivity index (χ1v) is 9.11. The number of alkyl halides is 3. The minimum atomic E-state index is -4.29. The van der Waals surface area contributed by atoms with E-state index in [1.54, 1.807) is 11.5 Å². The van der Waals surface area contributed by atoms with Crippen molar-refractivity contribution in [2.45, 2.75) is 37.2 Å². The molecule has 0 aliphatic carbocycles. The van der Waals surface area contributed by atoms with Crippen LogP contribution in [-0.2, 0) is 17.9 Å². The molecule has 9 heteroatoms. The van der Waals surface area contributed by atoms with Crippen LogP contribution < -0.4 is 10.9 Å². The molecule has 1 aromatic heterocycles. The Bertz CT molecular complexity index is 810. The molecule has 1 N–H and O–H groups in total. The molecule has 0 unspecified atom stereocenters. The number of nitrogens with one attached hydrogen (secondary N) is 1. The first-order valence-electron chi connectivity index (χ1n) is 8.28. The van der Waals surface area contributed by atoms with Crippen molar-refractivity contribution >= 4 is 24.2 Å². The second kappa shape index (κ2) is 9.64. The number of hydrogen-bond donors (Lipinski definition) is 2. The van der Waals surface area contributed by atoms with Gasteiger partial charge in [0.2, 0.25) is 0 Å². The highest BCUT2D eigenvalue weighted by Gasteiger charge is 2.39. The number of aromatic nitrogens is 1. The lowest BCUT2D eigenvalue weighted by molar-refractivity contribution is -0.157. The van der Waals surface area contributed by atoms with Gasteiger partial charge in [0.05, 0.1) is 13.2 Å². The van der Waals surface area contributed by atoms with Crippen molar-refractivity contribution < 1.29 is 17.9 Å². The number of fused-ring (bicyclic) bond motifs is 1. The van der Waals surface area contributed by atoms with Gasteiger partial charge in [0.15, 0.2) is 0 Å². The monoisotopic (exact) mass is 420 g/mol. The Hall–Kier alpha value is -1.48. The maximum Gasteiger partial charge on any atom is 0.407 e. The number of ether oxygens (including phenoxy) is 1. The fraction of sp³-hybridized carbons (Fsp3) is 0.389. The van der Waals surface area contributed by atoms with E-state index in [0.29, 0.717) is 29.7 Å². The van der Waals surface area contributed by atoms with Gasteiger partial charge in [-0.3, -0.25) is 4.79 Å². The molecule has 0 bridgehead atoms. The van der Waals surface area contributed by atoms with Gasteiger partial charge in [-0.1, -0.05) is 30.7 Å². The predicted molar refractivity (Wildman–Crippen MR) is 102 cm³/mol. The van der Waals surface area contributed by atoms with E-state index < -0.39 is 12.2 Å². The van der Waals surface area contributed by atoms with Gasteiger partial charge in [-0.15, -0.1) is 12.6 Å². The van der Waals surface area contributed by atoms with E-state index in [2.05, 4.69) is 17.9 Å². The first kappa shape index (κ1) is 21.8. The molecule has 1 aliphatic rings. The largest absolute Gasteiger partial charge is 0.407 e. The standard InChI is InChI=1S/C10H11ClF3N.C8H9NO2S/c1-2-15-9(10(12,13)14)7-3-5-8(11)6-4-7;10-8-4-7(12)3-6-5-11-2-1-9(6)8/h3-6,9,15H,2H2,1H3;3-4,12H,1-2,5H2/t9-;/m1./s1. The van der Waals surface area contributed by atoms with Crippen LogP contribution >= 0.6 is 24.2 Å². The van der Waals surface area contributed by atoms with Crippen LogP contribution in [0.15, 0.2) is 46.1 Å². The van der Waals surface area contributed by atoms with Crippen molar-refractivity contribution in [2.24, 2.45) is 0 Å². The number of rotatable bonds is 3. The molecule has 1 aromatic carbocycles. The van der Waals surface area contributed by atoms with Crippen LogP contribution in [0.3, 0.4) is 0 Å². The van der Waals surface area contributed by atoms with Crippen LogP contribution in [0.4, 0.5) is 13.2 Å². The van der Waals surface area contributed by atoms with Crippen molar-refractivity contribution in [2.75, 3.05) is 13.2 Å². The summed E-state index contributed by atoms with van der Waals surface area (Å²) in [5.74, 6) is 0. The van der Waals surface area contributed by atoms with E-state index in [1.807, 2.05) is 6.07 Å². The van der Waals surface area contributed by atoms with Gasteiger partial charge in [0, 0.05) is 28.2 Å². The van der Waals surface area contributed by atoms with Gasteiger partial charge in [0.25, 0.3) is 5.56 Å². The third-order valence-electron chi connectivity index (χ3n) is 3.85. The quantitative estimate of drug-likeness (QED) is 0.731. The van der Waals surface area contributed by atoms with Crippen LogP contribution in [0.5, 0.6) is 0 Å². The zero-order valence-corrected chi connectivity index (χ0v) is 16.2. The van der Waals surface area contributed by atoms with Crippen molar-refractivity contribution in [3.8, 4) is 0 Å². The first-order chi connectivity index (χ1) is 12.7. The summed E-state index contributed by atoms with van der Waals surface area (Å²) in [4.78, 5) is 12.0. The Morgan fingerprint density at radius 3 is 2.56 bits per heavy atom. The molecule has 0 fully saturated rings. The van der Waals surface area contributed by atoms with E-state index in [0.717, 1.165) is 5.69 Å². The summed E-state index contributed by atoms with van der Waals surface area (Å²) in [7, 11) is 0.